The van der Waals surface area contributed by atoms with Crippen LogP contribution in [0.4, 0.5) is 23.0 Å². The maximum absolute atomic E-state index is 11.9. The molecule has 0 aliphatic carbocycles. The lowest BCUT2D eigenvalue weighted by molar-refractivity contribution is 0.0526. The van der Waals surface area contributed by atoms with E-state index in [-0.39, 0.29) is 5.97 Å². The molecular formula is C19H25N5O2. The molecule has 0 amide bonds. The number of hydrogen-bond donors (Lipinski definition) is 2. The minimum Gasteiger partial charge on any atom is -0.462 e. The predicted octanol–water partition coefficient (Wildman–Crippen LogP) is 3.36. The van der Waals surface area contributed by atoms with Gasteiger partial charge in [0.1, 0.15) is 12.0 Å². The summed E-state index contributed by atoms with van der Waals surface area (Å²) in [6.07, 6.45) is 6.30. The van der Waals surface area contributed by atoms with Crippen LogP contribution in [-0.2, 0) is 4.74 Å². The highest BCUT2D eigenvalue weighted by Crippen LogP contribution is 2.30. The fraction of sp³-hybridized carbons (Fsp3) is 0.421. The Labute approximate surface area is 153 Å². The lowest BCUT2D eigenvalue weighted by Crippen LogP contribution is -2.26. The monoisotopic (exact) mass is 355 g/mol. The van der Waals surface area contributed by atoms with E-state index < -0.39 is 0 Å². The normalized spacial score (nSPS) is 14.6. The van der Waals surface area contributed by atoms with Gasteiger partial charge >= 0.3 is 5.97 Å². The maximum atomic E-state index is 11.9. The van der Waals surface area contributed by atoms with Crippen LogP contribution in [0, 0.1) is 0 Å². The summed E-state index contributed by atoms with van der Waals surface area (Å²) in [5.41, 5.74) is 8.07. The molecular weight excluding hydrogens is 330 g/mol. The molecule has 1 aromatic carbocycles. The van der Waals surface area contributed by atoms with Crippen molar-refractivity contribution in [3.8, 4) is 0 Å². The number of carbonyl (C=O) groups is 1. The van der Waals surface area contributed by atoms with E-state index in [0.717, 1.165) is 37.4 Å². The molecule has 2 aromatic rings. The molecule has 138 valence electrons. The smallest absolute Gasteiger partial charge is 0.338 e. The third-order valence-corrected chi connectivity index (χ3v) is 4.40. The van der Waals surface area contributed by atoms with E-state index in [0.29, 0.717) is 23.7 Å². The molecule has 0 atom stereocenters. The van der Waals surface area contributed by atoms with Gasteiger partial charge < -0.3 is 20.7 Å². The van der Waals surface area contributed by atoms with Gasteiger partial charge in [0.25, 0.3) is 0 Å². The highest BCUT2D eigenvalue weighted by Gasteiger charge is 2.17. The lowest BCUT2D eigenvalue weighted by Gasteiger charge is -2.23. The predicted molar refractivity (Wildman–Crippen MR) is 103 cm³/mol. The average molecular weight is 355 g/mol. The minimum absolute atomic E-state index is 0.342. The summed E-state index contributed by atoms with van der Waals surface area (Å²) in [6, 6.07) is 7.10. The van der Waals surface area contributed by atoms with Crippen molar-refractivity contribution < 1.29 is 9.53 Å². The van der Waals surface area contributed by atoms with E-state index in [1.807, 2.05) is 6.07 Å². The van der Waals surface area contributed by atoms with Crippen LogP contribution in [0.1, 0.15) is 43.0 Å². The number of carbonyl (C=O) groups excluding carboxylic acids is 1. The van der Waals surface area contributed by atoms with E-state index in [1.165, 1.54) is 19.2 Å². The first-order valence-corrected chi connectivity index (χ1v) is 9.08. The Morgan fingerprint density at radius 2 is 2.00 bits per heavy atom. The summed E-state index contributed by atoms with van der Waals surface area (Å²) < 4.78 is 5.04. The van der Waals surface area contributed by atoms with E-state index in [2.05, 4.69) is 20.2 Å². The Kier molecular flexibility index (Phi) is 5.88. The van der Waals surface area contributed by atoms with Gasteiger partial charge in [0.15, 0.2) is 11.6 Å². The van der Waals surface area contributed by atoms with Crippen molar-refractivity contribution in [3.63, 3.8) is 0 Å². The molecule has 0 saturated carbocycles. The molecule has 2 heterocycles. The van der Waals surface area contributed by atoms with E-state index in [4.69, 9.17) is 10.5 Å². The number of hydrogen-bond acceptors (Lipinski definition) is 7. The van der Waals surface area contributed by atoms with Crippen molar-refractivity contribution in [3.05, 3.63) is 36.2 Å². The van der Waals surface area contributed by atoms with Gasteiger partial charge in [-0.25, -0.2) is 14.8 Å². The highest BCUT2D eigenvalue weighted by molar-refractivity contribution is 5.91. The van der Waals surface area contributed by atoms with Crippen LogP contribution >= 0.6 is 0 Å². The summed E-state index contributed by atoms with van der Waals surface area (Å²) in [4.78, 5) is 22.8. The zero-order valence-electron chi connectivity index (χ0n) is 15.1. The average Bonchev–Trinajstić information content (AvgIpc) is 2.93. The summed E-state index contributed by atoms with van der Waals surface area (Å²) >= 11 is 0. The number of nitrogens with zero attached hydrogens (tertiary/aromatic N) is 3. The summed E-state index contributed by atoms with van der Waals surface area (Å²) in [5.74, 6) is 0.961. The van der Waals surface area contributed by atoms with Crippen LogP contribution in [-0.4, -0.2) is 35.6 Å². The fourth-order valence-corrected chi connectivity index (χ4v) is 3.10. The molecule has 1 aromatic heterocycles. The van der Waals surface area contributed by atoms with Gasteiger partial charge in [0, 0.05) is 18.8 Å². The first-order chi connectivity index (χ1) is 12.7. The fourth-order valence-electron chi connectivity index (χ4n) is 3.10. The molecule has 1 aliphatic rings. The molecule has 1 aliphatic heterocycles. The second-order valence-corrected chi connectivity index (χ2v) is 6.29. The molecule has 1 saturated heterocycles. The number of nitrogens with two attached hydrogens (primary N) is 1. The second-order valence-electron chi connectivity index (χ2n) is 6.29. The lowest BCUT2D eigenvalue weighted by atomic mass is 10.2. The van der Waals surface area contributed by atoms with Crippen LogP contribution in [0.2, 0.25) is 0 Å². The van der Waals surface area contributed by atoms with Gasteiger partial charge in [-0.05, 0) is 38.0 Å². The van der Waals surface area contributed by atoms with Gasteiger partial charge in [0.2, 0.25) is 0 Å². The molecule has 1 fully saturated rings. The molecule has 0 spiro atoms. The molecule has 0 unspecified atom stereocenters. The quantitative estimate of drug-likeness (QED) is 0.794. The SMILES string of the molecule is CCOC(=O)c1cccc(Nc2ncnc(N3CCCCCC3)c2N)c1. The van der Waals surface area contributed by atoms with E-state index in [1.54, 1.807) is 25.1 Å². The minimum atomic E-state index is -0.350. The maximum Gasteiger partial charge on any atom is 0.338 e. The third-order valence-electron chi connectivity index (χ3n) is 4.40. The van der Waals surface area contributed by atoms with Crippen molar-refractivity contribution in [1.29, 1.82) is 0 Å². The van der Waals surface area contributed by atoms with Gasteiger partial charge in [-0.3, -0.25) is 0 Å². The highest BCUT2D eigenvalue weighted by atomic mass is 16.5. The Bertz CT molecular complexity index is 757. The molecule has 26 heavy (non-hydrogen) atoms. The van der Waals surface area contributed by atoms with Crippen LogP contribution in [0.15, 0.2) is 30.6 Å². The Hall–Kier alpha value is -2.83. The standard InChI is InChI=1S/C19H25N5O2/c1-2-26-19(25)14-8-7-9-15(12-14)23-17-16(20)18(22-13-21-17)24-10-5-3-4-6-11-24/h7-9,12-13H,2-6,10-11,20H2,1H3,(H,21,22,23). The molecule has 3 N–H and O–H groups in total. The number of benzene rings is 1. The largest absolute Gasteiger partial charge is 0.462 e. The Morgan fingerprint density at radius 3 is 2.73 bits per heavy atom. The first kappa shape index (κ1) is 18.0. The summed E-state index contributed by atoms with van der Waals surface area (Å²) in [7, 11) is 0. The second kappa shape index (κ2) is 8.51. The number of anilines is 4. The molecule has 0 radical (unpaired) electrons. The van der Waals surface area contributed by atoms with E-state index in [9.17, 15) is 4.79 Å². The Balaban J connectivity index is 1.81. The summed E-state index contributed by atoms with van der Waals surface area (Å²) in [6.45, 7) is 4.04. The zero-order valence-corrected chi connectivity index (χ0v) is 15.1. The van der Waals surface area contributed by atoms with Crippen molar-refractivity contribution in [2.45, 2.75) is 32.6 Å². The van der Waals surface area contributed by atoms with Crippen molar-refractivity contribution in [2.75, 3.05) is 35.6 Å². The summed E-state index contributed by atoms with van der Waals surface area (Å²) in [5, 5.41) is 3.19. The molecule has 7 heteroatoms. The first-order valence-electron chi connectivity index (χ1n) is 9.08. The number of aromatic nitrogens is 2. The van der Waals surface area contributed by atoms with Crippen LogP contribution in [0.25, 0.3) is 0 Å². The number of esters is 1. The zero-order chi connectivity index (χ0) is 18.4. The van der Waals surface area contributed by atoms with Crippen LogP contribution < -0.4 is 16.0 Å². The number of nitrogen functional groups attached to an aromatic ring is 1. The molecule has 7 nitrogen and oxygen atoms in total. The third kappa shape index (κ3) is 4.22. The van der Waals surface area contributed by atoms with Crippen LogP contribution in [0.3, 0.4) is 0 Å². The van der Waals surface area contributed by atoms with Gasteiger partial charge in [-0.2, -0.15) is 0 Å². The van der Waals surface area contributed by atoms with Gasteiger partial charge in [-0.1, -0.05) is 18.9 Å². The number of ether oxygens (including phenoxy) is 1. The number of rotatable bonds is 5. The van der Waals surface area contributed by atoms with E-state index >= 15 is 0 Å². The van der Waals surface area contributed by atoms with Gasteiger partial charge in [-0.15, -0.1) is 0 Å². The molecule has 3 rings (SSSR count). The van der Waals surface area contributed by atoms with Crippen molar-refractivity contribution in [1.82, 2.24) is 9.97 Å². The van der Waals surface area contributed by atoms with Gasteiger partial charge in [0.05, 0.1) is 12.2 Å². The van der Waals surface area contributed by atoms with Crippen molar-refractivity contribution >= 4 is 29.0 Å². The van der Waals surface area contributed by atoms with Crippen molar-refractivity contribution in [2.24, 2.45) is 0 Å². The molecule has 0 bridgehead atoms. The topological polar surface area (TPSA) is 93.4 Å². The number of nitrogens with one attached hydrogen (secondary N) is 1. The van der Waals surface area contributed by atoms with Crippen LogP contribution in [0.5, 0.6) is 0 Å². The Morgan fingerprint density at radius 1 is 1.23 bits per heavy atom.